The van der Waals surface area contributed by atoms with Crippen LogP contribution in [0, 0.1) is 0 Å². The summed E-state index contributed by atoms with van der Waals surface area (Å²) < 4.78 is 0. The predicted molar refractivity (Wildman–Crippen MR) is 102 cm³/mol. The van der Waals surface area contributed by atoms with Gasteiger partial charge < -0.3 is 10.6 Å². The molecular formula is C21H22N4. The molecule has 2 N–H and O–H groups in total. The third-order valence-corrected chi connectivity index (χ3v) is 5.54. The Morgan fingerprint density at radius 3 is 2.72 bits per heavy atom. The van der Waals surface area contributed by atoms with Gasteiger partial charge in [0.25, 0.3) is 0 Å². The van der Waals surface area contributed by atoms with E-state index in [-0.39, 0.29) is 6.04 Å². The summed E-state index contributed by atoms with van der Waals surface area (Å²) in [6.07, 6.45) is 8.22. The van der Waals surface area contributed by atoms with Crippen LogP contribution in [0.1, 0.15) is 24.1 Å². The Labute approximate surface area is 147 Å². The lowest BCUT2D eigenvalue weighted by Gasteiger charge is -2.24. The Balaban J connectivity index is 1.73. The van der Waals surface area contributed by atoms with Crippen LogP contribution in [0.2, 0.25) is 0 Å². The van der Waals surface area contributed by atoms with Gasteiger partial charge in [0.05, 0.1) is 11.2 Å². The number of pyridine rings is 2. The summed E-state index contributed by atoms with van der Waals surface area (Å²) in [5, 5.41) is 1.27. The van der Waals surface area contributed by atoms with E-state index in [4.69, 9.17) is 10.7 Å². The average Bonchev–Trinajstić information content (AvgIpc) is 3.28. The van der Waals surface area contributed by atoms with Crippen molar-refractivity contribution in [3.8, 4) is 11.1 Å². The van der Waals surface area contributed by atoms with E-state index < -0.39 is 0 Å². The summed E-state index contributed by atoms with van der Waals surface area (Å²) in [5.74, 6) is 0. The fourth-order valence-electron chi connectivity index (χ4n) is 4.31. The highest BCUT2D eigenvalue weighted by Crippen LogP contribution is 2.39. The number of rotatable bonds is 2. The molecule has 126 valence electrons. The molecule has 3 heterocycles. The minimum absolute atomic E-state index is 0.281. The molecule has 3 aromatic rings. The van der Waals surface area contributed by atoms with Crippen molar-refractivity contribution in [2.45, 2.75) is 31.7 Å². The second-order valence-corrected chi connectivity index (χ2v) is 7.20. The first-order valence-electron chi connectivity index (χ1n) is 9.16. The Hall–Kier alpha value is -2.46. The second-order valence-electron chi connectivity index (χ2n) is 7.20. The van der Waals surface area contributed by atoms with Crippen LogP contribution in [0.25, 0.3) is 22.0 Å². The summed E-state index contributed by atoms with van der Waals surface area (Å²) in [5.41, 5.74) is 13.9. The Kier molecular flexibility index (Phi) is 3.45. The second kappa shape index (κ2) is 5.81. The molecule has 0 saturated carbocycles. The molecule has 1 aliphatic carbocycles. The molecule has 1 saturated heterocycles. The molecule has 4 nitrogen and oxygen atoms in total. The van der Waals surface area contributed by atoms with Crippen molar-refractivity contribution in [1.29, 1.82) is 0 Å². The third kappa shape index (κ3) is 2.48. The van der Waals surface area contributed by atoms with E-state index >= 15 is 0 Å². The summed E-state index contributed by atoms with van der Waals surface area (Å²) in [6, 6.07) is 11.0. The number of anilines is 1. The highest BCUT2D eigenvalue weighted by Gasteiger charge is 2.27. The van der Waals surface area contributed by atoms with Gasteiger partial charge in [-0.15, -0.1) is 0 Å². The normalized spacial score (nSPS) is 19.6. The van der Waals surface area contributed by atoms with Crippen LogP contribution in [0.3, 0.4) is 0 Å². The van der Waals surface area contributed by atoms with Crippen molar-refractivity contribution >= 4 is 16.6 Å². The van der Waals surface area contributed by atoms with Gasteiger partial charge >= 0.3 is 0 Å². The lowest BCUT2D eigenvalue weighted by molar-refractivity contribution is 0.752. The van der Waals surface area contributed by atoms with Crippen LogP contribution < -0.4 is 10.6 Å². The van der Waals surface area contributed by atoms with Crippen molar-refractivity contribution < 1.29 is 0 Å². The summed E-state index contributed by atoms with van der Waals surface area (Å²) in [7, 11) is 0. The molecule has 5 rings (SSSR count). The van der Waals surface area contributed by atoms with E-state index in [0.717, 1.165) is 37.9 Å². The zero-order valence-electron chi connectivity index (χ0n) is 14.3. The van der Waals surface area contributed by atoms with Crippen molar-refractivity contribution in [2.75, 3.05) is 18.0 Å². The number of hydrogen-bond donors (Lipinski definition) is 1. The number of benzene rings is 1. The lowest BCUT2D eigenvalue weighted by Crippen LogP contribution is -2.27. The molecule has 0 radical (unpaired) electrons. The minimum atomic E-state index is 0.281. The number of nitrogens with two attached hydrogens (primary N) is 1. The monoisotopic (exact) mass is 330 g/mol. The van der Waals surface area contributed by atoms with E-state index in [1.807, 2.05) is 12.4 Å². The van der Waals surface area contributed by atoms with Gasteiger partial charge in [-0.2, -0.15) is 0 Å². The lowest BCUT2D eigenvalue weighted by atomic mass is 10.0. The molecule has 2 aromatic heterocycles. The first-order valence-corrected chi connectivity index (χ1v) is 9.16. The molecule has 25 heavy (non-hydrogen) atoms. The standard InChI is InChI=1S/C21H22N4/c22-16-8-11-25(13-16)21-17-2-1-3-19(17)24-20-5-4-15(12-18(20)21)14-6-9-23-10-7-14/h4-7,9-10,12,16H,1-3,8,11,13,22H2. The van der Waals surface area contributed by atoms with Gasteiger partial charge in [0.2, 0.25) is 0 Å². The summed E-state index contributed by atoms with van der Waals surface area (Å²) in [4.78, 5) is 11.6. The molecule has 4 heteroatoms. The number of aromatic nitrogens is 2. The fraction of sp³-hybridized carbons (Fsp3) is 0.333. The van der Waals surface area contributed by atoms with Gasteiger partial charge in [-0.25, -0.2) is 0 Å². The fourth-order valence-corrected chi connectivity index (χ4v) is 4.31. The van der Waals surface area contributed by atoms with Crippen LogP contribution in [0.5, 0.6) is 0 Å². The molecule has 0 bridgehead atoms. The molecule has 1 aliphatic heterocycles. The maximum atomic E-state index is 6.21. The molecule has 0 amide bonds. The van der Waals surface area contributed by atoms with E-state index in [9.17, 15) is 0 Å². The van der Waals surface area contributed by atoms with Crippen molar-refractivity contribution in [3.05, 3.63) is 54.0 Å². The van der Waals surface area contributed by atoms with Gasteiger partial charge in [-0.3, -0.25) is 9.97 Å². The van der Waals surface area contributed by atoms with Gasteiger partial charge in [-0.05, 0) is 66.6 Å². The highest BCUT2D eigenvalue weighted by molar-refractivity contribution is 5.97. The topological polar surface area (TPSA) is 55.0 Å². The molecule has 1 unspecified atom stereocenters. The molecule has 0 spiro atoms. The average molecular weight is 330 g/mol. The van der Waals surface area contributed by atoms with Gasteiger partial charge in [0, 0.05) is 42.6 Å². The smallest absolute Gasteiger partial charge is 0.0726 e. The Morgan fingerprint density at radius 2 is 1.92 bits per heavy atom. The number of aryl methyl sites for hydroxylation is 1. The Morgan fingerprint density at radius 1 is 1.04 bits per heavy atom. The maximum Gasteiger partial charge on any atom is 0.0726 e. The third-order valence-electron chi connectivity index (χ3n) is 5.54. The van der Waals surface area contributed by atoms with E-state index in [1.165, 1.54) is 39.9 Å². The molecule has 1 aromatic carbocycles. The van der Waals surface area contributed by atoms with Crippen molar-refractivity contribution in [1.82, 2.24) is 9.97 Å². The van der Waals surface area contributed by atoms with Crippen LogP contribution >= 0.6 is 0 Å². The highest BCUT2D eigenvalue weighted by atomic mass is 15.2. The van der Waals surface area contributed by atoms with Crippen molar-refractivity contribution in [3.63, 3.8) is 0 Å². The molecular weight excluding hydrogens is 308 g/mol. The van der Waals surface area contributed by atoms with Crippen LogP contribution in [0.4, 0.5) is 5.69 Å². The number of hydrogen-bond acceptors (Lipinski definition) is 4. The summed E-state index contributed by atoms with van der Waals surface area (Å²) in [6.45, 7) is 2.00. The number of nitrogens with zero attached hydrogens (tertiary/aromatic N) is 3. The molecule has 1 fully saturated rings. The van der Waals surface area contributed by atoms with E-state index in [1.54, 1.807) is 0 Å². The zero-order valence-corrected chi connectivity index (χ0v) is 14.3. The van der Waals surface area contributed by atoms with Gasteiger partial charge in [0.15, 0.2) is 0 Å². The molecule has 1 atom stereocenters. The first kappa shape index (κ1) is 14.8. The largest absolute Gasteiger partial charge is 0.369 e. The zero-order chi connectivity index (χ0) is 16.8. The first-order chi connectivity index (χ1) is 12.3. The van der Waals surface area contributed by atoms with E-state index in [0.29, 0.717) is 0 Å². The Bertz CT molecular complexity index is 936. The van der Waals surface area contributed by atoms with Gasteiger partial charge in [-0.1, -0.05) is 6.07 Å². The van der Waals surface area contributed by atoms with E-state index in [2.05, 4.69) is 40.2 Å². The van der Waals surface area contributed by atoms with Crippen LogP contribution in [-0.4, -0.2) is 29.1 Å². The maximum absolute atomic E-state index is 6.21. The number of fused-ring (bicyclic) bond motifs is 2. The molecule has 2 aliphatic rings. The minimum Gasteiger partial charge on any atom is -0.369 e. The van der Waals surface area contributed by atoms with Gasteiger partial charge in [0.1, 0.15) is 0 Å². The SMILES string of the molecule is NC1CCN(c2c3c(nc4ccc(-c5ccncc5)cc24)CCC3)C1. The quantitative estimate of drug-likeness (QED) is 0.783. The predicted octanol–water partition coefficient (Wildman–Crippen LogP) is 3.32. The summed E-state index contributed by atoms with van der Waals surface area (Å²) >= 11 is 0. The van der Waals surface area contributed by atoms with Crippen molar-refractivity contribution in [2.24, 2.45) is 5.73 Å². The van der Waals surface area contributed by atoms with Crippen LogP contribution in [0.15, 0.2) is 42.7 Å². The van der Waals surface area contributed by atoms with Crippen LogP contribution in [-0.2, 0) is 12.8 Å².